The maximum atomic E-state index is 11.9. The summed E-state index contributed by atoms with van der Waals surface area (Å²) in [6, 6.07) is 18.9. The van der Waals surface area contributed by atoms with Crippen LogP contribution in [0.3, 0.4) is 0 Å². The van der Waals surface area contributed by atoms with Crippen molar-refractivity contribution in [2.75, 3.05) is 5.32 Å². The van der Waals surface area contributed by atoms with Crippen molar-refractivity contribution in [2.24, 2.45) is 5.10 Å². The number of halogens is 3. The molecule has 0 radical (unpaired) electrons. The average molecular weight is 477 g/mol. The molecule has 2 N–H and O–H groups in total. The molecule has 0 aromatic heterocycles. The van der Waals surface area contributed by atoms with E-state index in [0.717, 1.165) is 5.56 Å². The molecule has 0 unspecified atom stereocenters. The second-order valence-corrected chi connectivity index (χ2v) is 7.52. The molecule has 9 heteroatoms. The highest BCUT2D eigenvalue weighted by molar-refractivity contribution is 6.43. The quantitative estimate of drug-likeness (QED) is 0.287. The van der Waals surface area contributed by atoms with E-state index in [4.69, 9.17) is 39.5 Å². The van der Waals surface area contributed by atoms with Gasteiger partial charge in [0, 0.05) is 10.7 Å². The summed E-state index contributed by atoms with van der Waals surface area (Å²) in [7, 11) is 0. The molecule has 0 aliphatic carbocycles. The van der Waals surface area contributed by atoms with Crippen LogP contribution in [0.1, 0.15) is 11.1 Å². The molecular weight excluding hydrogens is 461 g/mol. The Kier molecular flexibility index (Phi) is 7.89. The monoisotopic (exact) mass is 475 g/mol. The Balaban J connectivity index is 1.52. The Hall–Kier alpha value is -3.06. The van der Waals surface area contributed by atoms with Crippen molar-refractivity contribution in [1.29, 1.82) is 0 Å². The van der Waals surface area contributed by atoms with E-state index in [0.29, 0.717) is 33.7 Å². The summed E-state index contributed by atoms with van der Waals surface area (Å²) in [5.41, 5.74) is 4.16. The molecule has 0 aliphatic rings. The van der Waals surface area contributed by atoms with Gasteiger partial charge in [-0.15, -0.1) is 0 Å². The van der Waals surface area contributed by atoms with Crippen LogP contribution < -0.4 is 15.5 Å². The molecule has 158 valence electrons. The van der Waals surface area contributed by atoms with Crippen LogP contribution >= 0.6 is 34.8 Å². The number of rotatable bonds is 6. The van der Waals surface area contributed by atoms with Crippen molar-refractivity contribution < 1.29 is 14.3 Å². The Morgan fingerprint density at radius 1 is 0.903 bits per heavy atom. The van der Waals surface area contributed by atoms with Gasteiger partial charge < -0.3 is 10.1 Å². The number of hydrazone groups is 1. The molecule has 3 aromatic carbocycles. The lowest BCUT2D eigenvalue weighted by Gasteiger charge is -2.07. The summed E-state index contributed by atoms with van der Waals surface area (Å²) in [5, 5.41) is 7.47. The van der Waals surface area contributed by atoms with Crippen molar-refractivity contribution in [1.82, 2.24) is 5.43 Å². The van der Waals surface area contributed by atoms with Gasteiger partial charge in [0.2, 0.25) is 0 Å². The minimum atomic E-state index is -0.933. The van der Waals surface area contributed by atoms with Gasteiger partial charge in [-0.2, -0.15) is 5.10 Å². The highest BCUT2D eigenvalue weighted by Gasteiger charge is 2.13. The van der Waals surface area contributed by atoms with E-state index in [1.807, 2.05) is 12.1 Å². The van der Waals surface area contributed by atoms with Crippen LogP contribution in [0, 0.1) is 0 Å². The summed E-state index contributed by atoms with van der Waals surface area (Å²) in [6.07, 6.45) is 1.40. The van der Waals surface area contributed by atoms with E-state index >= 15 is 0 Å². The lowest BCUT2D eigenvalue weighted by atomic mass is 10.2. The Morgan fingerprint density at radius 2 is 1.68 bits per heavy atom. The lowest BCUT2D eigenvalue weighted by molar-refractivity contribution is -0.136. The minimum absolute atomic E-state index is 0.260. The fraction of sp³-hybridized carbons (Fsp3) is 0.0455. The predicted molar refractivity (Wildman–Crippen MR) is 123 cm³/mol. The van der Waals surface area contributed by atoms with Gasteiger partial charge in [-0.05, 0) is 53.6 Å². The van der Waals surface area contributed by atoms with E-state index in [2.05, 4.69) is 15.8 Å². The van der Waals surface area contributed by atoms with Gasteiger partial charge in [0.15, 0.2) is 0 Å². The lowest BCUT2D eigenvalue weighted by Crippen LogP contribution is -2.32. The summed E-state index contributed by atoms with van der Waals surface area (Å²) in [4.78, 5) is 23.9. The van der Waals surface area contributed by atoms with Gasteiger partial charge >= 0.3 is 11.8 Å². The van der Waals surface area contributed by atoms with Crippen LogP contribution in [0.25, 0.3) is 0 Å². The number of carbonyl (C=O) groups excluding carboxylic acids is 2. The molecule has 31 heavy (non-hydrogen) atoms. The topological polar surface area (TPSA) is 79.8 Å². The first-order valence-electron chi connectivity index (χ1n) is 8.97. The third-order valence-corrected chi connectivity index (χ3v) is 4.93. The standard InChI is InChI=1S/C22H16Cl3N3O3/c23-16-6-4-14(5-7-16)13-31-18-3-1-2-15(10-18)12-26-28-22(30)21(29)27-17-8-9-19(24)20(25)11-17/h1-12H,13H2,(H,27,29)(H,28,30)/b26-12+. The van der Waals surface area contributed by atoms with Crippen molar-refractivity contribution in [3.05, 3.63) is 92.9 Å². The van der Waals surface area contributed by atoms with Crippen molar-refractivity contribution in [3.8, 4) is 5.75 Å². The van der Waals surface area contributed by atoms with E-state index in [1.165, 1.54) is 24.4 Å². The van der Waals surface area contributed by atoms with E-state index in [9.17, 15) is 9.59 Å². The van der Waals surface area contributed by atoms with Crippen molar-refractivity contribution in [2.45, 2.75) is 6.61 Å². The van der Waals surface area contributed by atoms with Crippen molar-refractivity contribution >= 4 is 58.5 Å². The van der Waals surface area contributed by atoms with Gasteiger partial charge in [-0.1, -0.05) is 59.1 Å². The zero-order valence-electron chi connectivity index (χ0n) is 15.9. The number of anilines is 1. The number of hydrogen-bond acceptors (Lipinski definition) is 4. The van der Waals surface area contributed by atoms with E-state index in [1.54, 1.807) is 36.4 Å². The average Bonchev–Trinajstić information content (AvgIpc) is 2.76. The zero-order valence-corrected chi connectivity index (χ0v) is 18.2. The summed E-state index contributed by atoms with van der Waals surface area (Å²) < 4.78 is 5.75. The van der Waals surface area contributed by atoms with Crippen LogP contribution in [0.4, 0.5) is 5.69 Å². The molecule has 0 spiro atoms. The molecular formula is C22H16Cl3N3O3. The molecule has 6 nitrogen and oxygen atoms in total. The van der Waals surface area contributed by atoms with Gasteiger partial charge in [0.1, 0.15) is 12.4 Å². The van der Waals surface area contributed by atoms with Crippen LogP contribution in [-0.2, 0) is 16.2 Å². The SMILES string of the molecule is O=C(N/N=C/c1cccc(OCc2ccc(Cl)cc2)c1)C(=O)Nc1ccc(Cl)c(Cl)c1. The van der Waals surface area contributed by atoms with Crippen molar-refractivity contribution in [3.63, 3.8) is 0 Å². The molecule has 0 heterocycles. The number of hydrogen-bond donors (Lipinski definition) is 2. The molecule has 0 saturated carbocycles. The van der Waals surface area contributed by atoms with Gasteiger partial charge in [0.05, 0.1) is 16.3 Å². The largest absolute Gasteiger partial charge is 0.489 e. The molecule has 0 atom stereocenters. The highest BCUT2D eigenvalue weighted by atomic mass is 35.5. The normalized spacial score (nSPS) is 10.7. The minimum Gasteiger partial charge on any atom is -0.489 e. The Bertz CT molecular complexity index is 1120. The van der Waals surface area contributed by atoms with Gasteiger partial charge in [-0.3, -0.25) is 9.59 Å². The van der Waals surface area contributed by atoms with Crippen LogP contribution in [0.15, 0.2) is 71.8 Å². The fourth-order valence-corrected chi connectivity index (χ4v) is 2.83. The van der Waals surface area contributed by atoms with Gasteiger partial charge in [-0.25, -0.2) is 5.43 Å². The predicted octanol–water partition coefficient (Wildman–Crippen LogP) is 5.31. The first-order chi connectivity index (χ1) is 14.9. The Labute approximate surface area is 193 Å². The first kappa shape index (κ1) is 22.6. The third-order valence-electron chi connectivity index (χ3n) is 3.94. The Morgan fingerprint density at radius 3 is 2.42 bits per heavy atom. The molecule has 3 rings (SSSR count). The number of nitrogens with zero attached hydrogens (tertiary/aromatic N) is 1. The van der Waals surface area contributed by atoms with E-state index < -0.39 is 11.8 Å². The number of carbonyl (C=O) groups is 2. The number of ether oxygens (including phenoxy) is 1. The fourth-order valence-electron chi connectivity index (χ4n) is 2.41. The summed E-state index contributed by atoms with van der Waals surface area (Å²) >= 11 is 17.6. The number of amides is 2. The molecule has 0 aliphatic heterocycles. The first-order valence-corrected chi connectivity index (χ1v) is 10.1. The maximum Gasteiger partial charge on any atom is 0.329 e. The summed E-state index contributed by atoms with van der Waals surface area (Å²) in [6.45, 7) is 0.378. The molecule has 2 amide bonds. The molecule has 0 fully saturated rings. The summed E-state index contributed by atoms with van der Waals surface area (Å²) in [5.74, 6) is -1.20. The van der Waals surface area contributed by atoms with Crippen LogP contribution in [0.2, 0.25) is 15.1 Å². The van der Waals surface area contributed by atoms with E-state index in [-0.39, 0.29) is 5.02 Å². The molecule has 0 saturated heterocycles. The number of benzene rings is 3. The maximum absolute atomic E-state index is 11.9. The second kappa shape index (κ2) is 10.8. The van der Waals surface area contributed by atoms with Gasteiger partial charge in [0.25, 0.3) is 0 Å². The van der Waals surface area contributed by atoms with Crippen LogP contribution in [-0.4, -0.2) is 18.0 Å². The number of nitrogens with one attached hydrogen (secondary N) is 2. The van der Waals surface area contributed by atoms with Crippen LogP contribution in [0.5, 0.6) is 5.75 Å². The smallest absolute Gasteiger partial charge is 0.329 e. The zero-order chi connectivity index (χ0) is 22.2. The molecule has 0 bridgehead atoms. The third kappa shape index (κ3) is 7.00. The highest BCUT2D eigenvalue weighted by Crippen LogP contribution is 2.24. The second-order valence-electron chi connectivity index (χ2n) is 6.27. The molecule has 3 aromatic rings.